The molecule has 1 aromatic carbocycles. The number of nitrogens with zero attached hydrogens (tertiary/aromatic N) is 4. The van der Waals surface area contributed by atoms with Gasteiger partial charge in [-0.2, -0.15) is 0 Å². The Morgan fingerprint density at radius 1 is 0.842 bits per heavy atom. The quantitative estimate of drug-likeness (QED) is 0.714. The summed E-state index contributed by atoms with van der Waals surface area (Å²) < 4.78 is 1.99. The van der Waals surface area contributed by atoms with Gasteiger partial charge in [0.25, 0.3) is 0 Å². The zero-order valence-electron chi connectivity index (χ0n) is 10.5. The molecule has 19 heavy (non-hydrogen) atoms. The molecule has 2 heterocycles. The van der Waals surface area contributed by atoms with E-state index in [2.05, 4.69) is 39.2 Å². The third-order valence-corrected chi connectivity index (χ3v) is 3.06. The van der Waals surface area contributed by atoms with Gasteiger partial charge in [0.2, 0.25) is 0 Å². The Kier molecular flexibility index (Phi) is 3.32. The third-order valence-electron chi connectivity index (χ3n) is 3.06. The SMILES string of the molecule is c1cn(-c2ccc(CCc3cncnc3)cc2)cn1. The lowest BCUT2D eigenvalue weighted by molar-refractivity contribution is 0.930. The summed E-state index contributed by atoms with van der Waals surface area (Å²) in [5.41, 5.74) is 3.61. The molecule has 4 heteroatoms. The number of imidazole rings is 1. The molecule has 3 rings (SSSR count). The van der Waals surface area contributed by atoms with Crippen molar-refractivity contribution in [3.8, 4) is 5.69 Å². The standard InChI is InChI=1S/C15H14N4/c1(2-14-9-17-11-18-10-14)13-3-5-15(6-4-13)19-8-7-16-12-19/h3-12H,1-2H2. The molecule has 0 aliphatic rings. The lowest BCUT2D eigenvalue weighted by Crippen LogP contribution is -1.94. The number of hydrogen-bond donors (Lipinski definition) is 0. The van der Waals surface area contributed by atoms with Crippen molar-refractivity contribution in [2.24, 2.45) is 0 Å². The fraction of sp³-hybridized carbons (Fsp3) is 0.133. The Hall–Kier alpha value is -2.49. The molecule has 0 spiro atoms. The first kappa shape index (κ1) is 11.6. The van der Waals surface area contributed by atoms with Crippen LogP contribution in [0.3, 0.4) is 0 Å². The summed E-state index contributed by atoms with van der Waals surface area (Å²) >= 11 is 0. The molecule has 0 unspecified atom stereocenters. The van der Waals surface area contributed by atoms with E-state index in [-0.39, 0.29) is 0 Å². The molecule has 0 N–H and O–H groups in total. The van der Waals surface area contributed by atoms with Crippen LogP contribution in [-0.4, -0.2) is 19.5 Å². The van der Waals surface area contributed by atoms with Crippen molar-refractivity contribution < 1.29 is 0 Å². The van der Waals surface area contributed by atoms with E-state index in [1.165, 1.54) is 11.1 Å². The van der Waals surface area contributed by atoms with Crippen molar-refractivity contribution in [3.05, 3.63) is 72.8 Å². The van der Waals surface area contributed by atoms with Gasteiger partial charge in [-0.3, -0.25) is 0 Å². The minimum Gasteiger partial charge on any atom is -0.306 e. The average Bonchev–Trinajstić information content (AvgIpc) is 3.01. The number of aryl methyl sites for hydroxylation is 2. The molecule has 0 saturated heterocycles. The Morgan fingerprint density at radius 2 is 1.58 bits per heavy atom. The van der Waals surface area contributed by atoms with Gasteiger partial charge in [-0.25, -0.2) is 15.0 Å². The molecule has 0 atom stereocenters. The topological polar surface area (TPSA) is 43.6 Å². The van der Waals surface area contributed by atoms with Crippen LogP contribution in [0.4, 0.5) is 0 Å². The van der Waals surface area contributed by atoms with E-state index in [0.717, 1.165) is 18.5 Å². The lowest BCUT2D eigenvalue weighted by atomic mass is 10.1. The van der Waals surface area contributed by atoms with Crippen LogP contribution in [0.1, 0.15) is 11.1 Å². The van der Waals surface area contributed by atoms with Gasteiger partial charge in [-0.15, -0.1) is 0 Å². The summed E-state index contributed by atoms with van der Waals surface area (Å²) in [7, 11) is 0. The van der Waals surface area contributed by atoms with Gasteiger partial charge in [0.05, 0.1) is 6.33 Å². The highest BCUT2D eigenvalue weighted by atomic mass is 15.0. The fourth-order valence-electron chi connectivity index (χ4n) is 1.99. The fourth-order valence-corrected chi connectivity index (χ4v) is 1.99. The minimum absolute atomic E-state index is 0.964. The Labute approximate surface area is 111 Å². The van der Waals surface area contributed by atoms with Crippen LogP contribution in [0.2, 0.25) is 0 Å². The highest BCUT2D eigenvalue weighted by molar-refractivity contribution is 5.34. The van der Waals surface area contributed by atoms with E-state index in [9.17, 15) is 0 Å². The second kappa shape index (κ2) is 5.44. The predicted molar refractivity (Wildman–Crippen MR) is 73.0 cm³/mol. The van der Waals surface area contributed by atoms with Crippen molar-refractivity contribution in [2.75, 3.05) is 0 Å². The molecule has 0 aliphatic carbocycles. The summed E-state index contributed by atoms with van der Waals surface area (Å²) in [6, 6.07) is 8.52. The van der Waals surface area contributed by atoms with E-state index in [0.29, 0.717) is 0 Å². The molecule has 0 saturated carbocycles. The first-order chi connectivity index (χ1) is 9.42. The Balaban J connectivity index is 1.67. The highest BCUT2D eigenvalue weighted by Gasteiger charge is 1.98. The van der Waals surface area contributed by atoms with Crippen LogP contribution < -0.4 is 0 Å². The maximum absolute atomic E-state index is 4.05. The van der Waals surface area contributed by atoms with Gasteiger partial charge >= 0.3 is 0 Å². The van der Waals surface area contributed by atoms with Crippen LogP contribution in [0.25, 0.3) is 5.69 Å². The first-order valence-electron chi connectivity index (χ1n) is 6.23. The zero-order chi connectivity index (χ0) is 12.9. The minimum atomic E-state index is 0.964. The summed E-state index contributed by atoms with van der Waals surface area (Å²) in [5.74, 6) is 0. The molecule has 3 aromatic rings. The molecule has 0 radical (unpaired) electrons. The van der Waals surface area contributed by atoms with Gasteiger partial charge in [-0.05, 0) is 36.1 Å². The van der Waals surface area contributed by atoms with Crippen LogP contribution >= 0.6 is 0 Å². The Bertz CT molecular complexity index is 615. The van der Waals surface area contributed by atoms with Crippen LogP contribution in [0.5, 0.6) is 0 Å². The summed E-state index contributed by atoms with van der Waals surface area (Å²) in [4.78, 5) is 12.1. The van der Waals surface area contributed by atoms with Crippen molar-refractivity contribution >= 4 is 0 Å². The molecule has 0 aliphatic heterocycles. The monoisotopic (exact) mass is 250 g/mol. The van der Waals surface area contributed by atoms with E-state index >= 15 is 0 Å². The van der Waals surface area contributed by atoms with Crippen molar-refractivity contribution in [3.63, 3.8) is 0 Å². The van der Waals surface area contributed by atoms with Crippen molar-refractivity contribution in [1.29, 1.82) is 0 Å². The van der Waals surface area contributed by atoms with Crippen LogP contribution in [0, 0.1) is 0 Å². The van der Waals surface area contributed by atoms with Crippen LogP contribution in [0.15, 0.2) is 61.7 Å². The maximum atomic E-state index is 4.05. The van der Waals surface area contributed by atoms with Gasteiger partial charge < -0.3 is 4.57 Å². The smallest absolute Gasteiger partial charge is 0.115 e. The molecule has 2 aromatic heterocycles. The Morgan fingerprint density at radius 3 is 2.26 bits per heavy atom. The van der Waals surface area contributed by atoms with Gasteiger partial charge in [0.15, 0.2) is 0 Å². The maximum Gasteiger partial charge on any atom is 0.115 e. The molecule has 0 fully saturated rings. The molecule has 0 amide bonds. The number of aromatic nitrogens is 4. The van der Waals surface area contributed by atoms with Crippen molar-refractivity contribution in [1.82, 2.24) is 19.5 Å². The second-order valence-electron chi connectivity index (χ2n) is 4.38. The molecule has 94 valence electrons. The first-order valence-corrected chi connectivity index (χ1v) is 6.23. The van der Waals surface area contributed by atoms with Crippen LogP contribution in [-0.2, 0) is 12.8 Å². The normalized spacial score (nSPS) is 10.5. The highest BCUT2D eigenvalue weighted by Crippen LogP contribution is 2.11. The number of benzene rings is 1. The van der Waals surface area contributed by atoms with E-state index in [4.69, 9.17) is 0 Å². The van der Waals surface area contributed by atoms with E-state index in [1.54, 1.807) is 18.9 Å². The number of hydrogen-bond acceptors (Lipinski definition) is 3. The summed E-state index contributed by atoms with van der Waals surface area (Å²) in [6.07, 6.45) is 12.8. The van der Waals surface area contributed by atoms with Gasteiger partial charge in [0, 0.05) is 30.5 Å². The van der Waals surface area contributed by atoms with E-state index in [1.807, 2.05) is 23.2 Å². The molecular weight excluding hydrogens is 236 g/mol. The summed E-state index contributed by atoms with van der Waals surface area (Å²) in [5, 5.41) is 0. The molecule has 4 nitrogen and oxygen atoms in total. The second-order valence-corrected chi connectivity index (χ2v) is 4.38. The van der Waals surface area contributed by atoms with Gasteiger partial charge in [-0.1, -0.05) is 12.1 Å². The summed E-state index contributed by atoms with van der Waals surface area (Å²) in [6.45, 7) is 0. The zero-order valence-corrected chi connectivity index (χ0v) is 10.5. The van der Waals surface area contributed by atoms with E-state index < -0.39 is 0 Å². The number of rotatable bonds is 4. The molecular formula is C15H14N4. The third kappa shape index (κ3) is 2.85. The lowest BCUT2D eigenvalue weighted by Gasteiger charge is -2.05. The molecule has 0 bridgehead atoms. The van der Waals surface area contributed by atoms with Crippen molar-refractivity contribution in [2.45, 2.75) is 12.8 Å². The largest absolute Gasteiger partial charge is 0.306 e. The average molecular weight is 250 g/mol. The predicted octanol–water partition coefficient (Wildman–Crippen LogP) is 2.45. The van der Waals surface area contributed by atoms with Gasteiger partial charge in [0.1, 0.15) is 6.33 Å².